The van der Waals surface area contributed by atoms with Crippen molar-refractivity contribution in [3.8, 4) is 0 Å². The Labute approximate surface area is 132 Å². The Morgan fingerprint density at radius 3 is 2.65 bits per heavy atom. The third kappa shape index (κ3) is 3.56. The summed E-state index contributed by atoms with van der Waals surface area (Å²) in [5.41, 5.74) is 0.526. The second-order valence-corrected chi connectivity index (χ2v) is 9.04. The molecule has 2 nitrogen and oxygen atoms in total. The quantitative estimate of drug-likeness (QED) is 0.890. The first-order valence-corrected chi connectivity index (χ1v) is 8.67. The Morgan fingerprint density at radius 1 is 1.45 bits per heavy atom. The van der Waals surface area contributed by atoms with E-state index >= 15 is 0 Å². The average Bonchev–Trinajstić information content (AvgIpc) is 2.76. The van der Waals surface area contributed by atoms with Crippen molar-refractivity contribution in [2.75, 3.05) is 13.1 Å². The third-order valence-electron chi connectivity index (χ3n) is 4.68. The Morgan fingerprint density at radius 2 is 2.15 bits per heavy atom. The number of hydrogen-bond donors (Lipinski definition) is 1. The van der Waals surface area contributed by atoms with Crippen LogP contribution in [-0.2, 0) is 6.54 Å². The molecule has 1 N–H and O–H groups in total. The third-order valence-corrected chi connectivity index (χ3v) is 5.89. The van der Waals surface area contributed by atoms with Crippen molar-refractivity contribution in [1.82, 2.24) is 10.2 Å². The monoisotopic (exact) mass is 314 g/mol. The Bertz CT molecular complexity index is 452. The minimum atomic E-state index is 0.234. The van der Waals surface area contributed by atoms with E-state index in [4.69, 9.17) is 11.6 Å². The minimum Gasteiger partial charge on any atom is -0.310 e. The maximum absolute atomic E-state index is 6.07. The Kier molecular flexibility index (Phi) is 4.85. The lowest BCUT2D eigenvalue weighted by Gasteiger charge is -2.50. The number of thiophene rings is 1. The van der Waals surface area contributed by atoms with Crippen molar-refractivity contribution in [2.45, 2.75) is 59.2 Å². The van der Waals surface area contributed by atoms with Gasteiger partial charge in [0.05, 0.1) is 4.34 Å². The summed E-state index contributed by atoms with van der Waals surface area (Å²) < 4.78 is 0.890. The fraction of sp³-hybridized carbons (Fsp3) is 0.750. The minimum absolute atomic E-state index is 0.234. The standard InChI is InChI=1S/C16H27ClN2S/c1-6-16(5)11-18-13(15(2,3)4)10-19(16)9-12-7-8-14(17)20-12/h7-8,13,18H,6,9-11H2,1-5H3. The zero-order valence-corrected chi connectivity index (χ0v) is 14.9. The summed E-state index contributed by atoms with van der Waals surface area (Å²) in [5, 5.41) is 3.76. The summed E-state index contributed by atoms with van der Waals surface area (Å²) >= 11 is 7.78. The summed E-state index contributed by atoms with van der Waals surface area (Å²) in [6.45, 7) is 14.8. The van der Waals surface area contributed by atoms with Crippen LogP contribution in [-0.4, -0.2) is 29.6 Å². The van der Waals surface area contributed by atoms with Crippen LogP contribution < -0.4 is 5.32 Å². The van der Waals surface area contributed by atoms with Crippen LogP contribution in [0, 0.1) is 5.41 Å². The van der Waals surface area contributed by atoms with Crippen molar-refractivity contribution < 1.29 is 0 Å². The van der Waals surface area contributed by atoms with Gasteiger partial charge in [0.2, 0.25) is 0 Å². The maximum Gasteiger partial charge on any atom is 0.0931 e. The molecular weight excluding hydrogens is 288 g/mol. The van der Waals surface area contributed by atoms with Crippen LogP contribution in [0.3, 0.4) is 0 Å². The van der Waals surface area contributed by atoms with E-state index in [9.17, 15) is 0 Å². The molecule has 0 saturated carbocycles. The van der Waals surface area contributed by atoms with Crippen molar-refractivity contribution in [3.63, 3.8) is 0 Å². The number of hydrogen-bond acceptors (Lipinski definition) is 3. The summed E-state index contributed by atoms with van der Waals surface area (Å²) in [4.78, 5) is 4.01. The molecule has 1 aromatic heterocycles. The van der Waals surface area contributed by atoms with Gasteiger partial charge in [0.1, 0.15) is 0 Å². The highest BCUT2D eigenvalue weighted by Gasteiger charge is 2.39. The molecule has 1 fully saturated rings. The van der Waals surface area contributed by atoms with Gasteiger partial charge in [-0.05, 0) is 30.9 Å². The number of nitrogens with zero attached hydrogens (tertiary/aromatic N) is 1. The molecule has 2 rings (SSSR count). The molecule has 2 unspecified atom stereocenters. The van der Waals surface area contributed by atoms with Crippen LogP contribution in [0.15, 0.2) is 12.1 Å². The molecule has 2 heterocycles. The first kappa shape index (κ1) is 16.3. The van der Waals surface area contributed by atoms with Crippen LogP contribution in [0.25, 0.3) is 0 Å². The van der Waals surface area contributed by atoms with E-state index in [0.717, 1.165) is 30.4 Å². The Hall–Kier alpha value is -0.0900. The highest BCUT2D eigenvalue weighted by molar-refractivity contribution is 7.16. The van der Waals surface area contributed by atoms with Crippen molar-refractivity contribution >= 4 is 22.9 Å². The molecule has 1 aromatic rings. The molecule has 0 aromatic carbocycles. The van der Waals surface area contributed by atoms with Crippen LogP contribution in [0.5, 0.6) is 0 Å². The van der Waals surface area contributed by atoms with E-state index < -0.39 is 0 Å². The number of halogens is 1. The van der Waals surface area contributed by atoms with E-state index in [-0.39, 0.29) is 5.54 Å². The van der Waals surface area contributed by atoms with Gasteiger partial charge in [0, 0.05) is 36.1 Å². The van der Waals surface area contributed by atoms with Crippen LogP contribution >= 0.6 is 22.9 Å². The summed E-state index contributed by atoms with van der Waals surface area (Å²) in [7, 11) is 0. The van der Waals surface area contributed by atoms with Crippen LogP contribution in [0.1, 0.15) is 45.9 Å². The predicted octanol–water partition coefficient (Wildman–Crippen LogP) is 4.39. The molecular formula is C16H27ClN2S. The van der Waals surface area contributed by atoms with Gasteiger partial charge in [0.15, 0.2) is 0 Å². The van der Waals surface area contributed by atoms with Crippen molar-refractivity contribution in [1.29, 1.82) is 0 Å². The first-order chi connectivity index (χ1) is 9.24. The topological polar surface area (TPSA) is 15.3 Å². The van der Waals surface area contributed by atoms with E-state index in [1.165, 1.54) is 4.88 Å². The van der Waals surface area contributed by atoms with Gasteiger partial charge in [-0.15, -0.1) is 11.3 Å². The summed E-state index contributed by atoms with van der Waals surface area (Å²) in [6, 6.07) is 4.71. The lowest BCUT2D eigenvalue weighted by molar-refractivity contribution is 0.0165. The molecule has 2 atom stereocenters. The van der Waals surface area contributed by atoms with Gasteiger partial charge in [-0.25, -0.2) is 0 Å². The molecule has 0 radical (unpaired) electrons. The zero-order chi connectivity index (χ0) is 15.0. The van der Waals surface area contributed by atoms with Gasteiger partial charge < -0.3 is 5.32 Å². The molecule has 1 saturated heterocycles. The van der Waals surface area contributed by atoms with E-state index in [0.29, 0.717) is 11.5 Å². The molecule has 20 heavy (non-hydrogen) atoms. The number of rotatable bonds is 3. The zero-order valence-electron chi connectivity index (χ0n) is 13.3. The molecule has 0 aliphatic carbocycles. The number of nitrogens with one attached hydrogen (secondary N) is 1. The molecule has 114 valence electrons. The van der Waals surface area contributed by atoms with Gasteiger partial charge >= 0.3 is 0 Å². The first-order valence-electron chi connectivity index (χ1n) is 7.47. The largest absolute Gasteiger partial charge is 0.310 e. The number of piperazine rings is 1. The summed E-state index contributed by atoms with van der Waals surface area (Å²) in [5.74, 6) is 0. The second-order valence-electron chi connectivity index (χ2n) is 7.24. The highest BCUT2D eigenvalue weighted by atomic mass is 35.5. The van der Waals surface area contributed by atoms with Gasteiger partial charge in [0.25, 0.3) is 0 Å². The molecule has 0 spiro atoms. The lowest BCUT2D eigenvalue weighted by Crippen LogP contribution is -2.65. The second kappa shape index (κ2) is 5.96. The fourth-order valence-electron chi connectivity index (χ4n) is 2.77. The SMILES string of the molecule is CCC1(C)CNC(C(C)(C)C)CN1Cc1ccc(Cl)s1. The summed E-state index contributed by atoms with van der Waals surface area (Å²) in [6.07, 6.45) is 1.16. The van der Waals surface area contributed by atoms with Crippen LogP contribution in [0.2, 0.25) is 4.34 Å². The van der Waals surface area contributed by atoms with E-state index in [2.05, 4.69) is 50.9 Å². The van der Waals surface area contributed by atoms with Crippen molar-refractivity contribution in [2.24, 2.45) is 5.41 Å². The Balaban J connectivity index is 2.15. The molecule has 1 aliphatic rings. The smallest absolute Gasteiger partial charge is 0.0931 e. The molecule has 0 amide bonds. The maximum atomic E-state index is 6.07. The highest BCUT2D eigenvalue weighted by Crippen LogP contribution is 2.32. The van der Waals surface area contributed by atoms with E-state index in [1.54, 1.807) is 11.3 Å². The van der Waals surface area contributed by atoms with Crippen molar-refractivity contribution in [3.05, 3.63) is 21.3 Å². The lowest BCUT2D eigenvalue weighted by atomic mass is 9.81. The van der Waals surface area contributed by atoms with E-state index in [1.807, 2.05) is 6.07 Å². The average molecular weight is 315 g/mol. The van der Waals surface area contributed by atoms with Crippen LogP contribution in [0.4, 0.5) is 0 Å². The fourth-order valence-corrected chi connectivity index (χ4v) is 3.87. The van der Waals surface area contributed by atoms with Gasteiger partial charge in [-0.3, -0.25) is 4.90 Å². The predicted molar refractivity (Wildman–Crippen MR) is 89.7 cm³/mol. The van der Waals surface area contributed by atoms with Gasteiger partial charge in [-0.1, -0.05) is 39.3 Å². The van der Waals surface area contributed by atoms with Gasteiger partial charge in [-0.2, -0.15) is 0 Å². The molecule has 0 bridgehead atoms. The molecule has 1 aliphatic heterocycles. The normalized spacial score (nSPS) is 28.8. The molecule has 4 heteroatoms.